The van der Waals surface area contributed by atoms with Crippen LogP contribution in [0.5, 0.6) is 11.6 Å². The molecule has 0 radical (unpaired) electrons. The summed E-state index contributed by atoms with van der Waals surface area (Å²) in [6.45, 7) is 0. The largest absolute Gasteiger partial charge is 0.478 e. The van der Waals surface area contributed by atoms with Crippen LogP contribution in [0.1, 0.15) is 10.4 Å². The first kappa shape index (κ1) is 14.1. The van der Waals surface area contributed by atoms with Gasteiger partial charge < -0.3 is 9.84 Å². The molecule has 2 aromatic rings. The zero-order valence-electron chi connectivity index (χ0n) is 9.23. The van der Waals surface area contributed by atoms with Crippen molar-refractivity contribution in [1.82, 2.24) is 4.98 Å². The molecular weight excluding hydrogens is 357 g/mol. The van der Waals surface area contributed by atoms with Gasteiger partial charge in [0, 0.05) is 6.20 Å². The average molecular weight is 363 g/mol. The van der Waals surface area contributed by atoms with Gasteiger partial charge in [-0.3, -0.25) is 0 Å². The van der Waals surface area contributed by atoms with Crippen molar-refractivity contribution < 1.29 is 14.6 Å². The number of aromatic carboxylic acids is 1. The normalized spacial score (nSPS) is 10.3. The molecule has 7 heteroatoms. The van der Waals surface area contributed by atoms with Crippen LogP contribution in [-0.4, -0.2) is 16.1 Å². The molecule has 0 bridgehead atoms. The number of carbonyl (C=O) groups is 1. The Morgan fingerprint density at radius 3 is 2.63 bits per heavy atom. The van der Waals surface area contributed by atoms with Crippen molar-refractivity contribution in [2.24, 2.45) is 0 Å². The number of rotatable bonds is 3. The highest BCUT2D eigenvalue weighted by molar-refractivity contribution is 9.10. The fourth-order valence-electron chi connectivity index (χ4n) is 1.30. The molecule has 1 N–H and O–H groups in total. The summed E-state index contributed by atoms with van der Waals surface area (Å²) in [5.41, 5.74) is 0.0838. The quantitative estimate of drug-likeness (QED) is 0.863. The maximum atomic E-state index is 10.8. The van der Waals surface area contributed by atoms with Gasteiger partial charge in [-0.15, -0.1) is 0 Å². The van der Waals surface area contributed by atoms with Crippen LogP contribution < -0.4 is 4.74 Å². The van der Waals surface area contributed by atoms with Gasteiger partial charge in [0.25, 0.3) is 0 Å². The van der Waals surface area contributed by atoms with Crippen molar-refractivity contribution in [3.63, 3.8) is 0 Å². The molecular formula is C12H6BrCl2NO3. The summed E-state index contributed by atoms with van der Waals surface area (Å²) >= 11 is 15.0. The van der Waals surface area contributed by atoms with Crippen LogP contribution in [0.25, 0.3) is 0 Å². The van der Waals surface area contributed by atoms with E-state index in [0.29, 0.717) is 15.2 Å². The molecule has 0 atom stereocenters. The number of pyridine rings is 1. The van der Waals surface area contributed by atoms with Gasteiger partial charge in [-0.25, -0.2) is 9.78 Å². The van der Waals surface area contributed by atoms with Crippen LogP contribution in [0.15, 0.2) is 34.9 Å². The van der Waals surface area contributed by atoms with Gasteiger partial charge in [-0.2, -0.15) is 0 Å². The molecule has 0 unspecified atom stereocenters. The molecule has 0 saturated heterocycles. The second-order valence-corrected chi connectivity index (χ2v) is 5.19. The number of aromatic nitrogens is 1. The SMILES string of the molecule is O=C(O)c1ccc(Oc2ncc(Cl)cc2Br)c(Cl)c1. The van der Waals surface area contributed by atoms with Gasteiger partial charge in [-0.05, 0) is 40.2 Å². The highest BCUT2D eigenvalue weighted by Crippen LogP contribution is 2.33. The van der Waals surface area contributed by atoms with Gasteiger partial charge in [0.2, 0.25) is 5.88 Å². The molecule has 0 amide bonds. The highest BCUT2D eigenvalue weighted by Gasteiger charge is 2.11. The molecule has 1 aromatic carbocycles. The molecule has 0 aliphatic carbocycles. The van der Waals surface area contributed by atoms with E-state index < -0.39 is 5.97 Å². The van der Waals surface area contributed by atoms with Crippen molar-refractivity contribution in [2.45, 2.75) is 0 Å². The minimum Gasteiger partial charge on any atom is -0.478 e. The maximum absolute atomic E-state index is 10.8. The molecule has 98 valence electrons. The van der Waals surface area contributed by atoms with Crippen molar-refractivity contribution in [3.05, 3.63) is 50.5 Å². The summed E-state index contributed by atoms with van der Waals surface area (Å²) in [5.74, 6) is -0.462. The van der Waals surface area contributed by atoms with Crippen LogP contribution >= 0.6 is 39.1 Å². The standard InChI is InChI=1S/C12H6BrCl2NO3/c13-8-4-7(14)5-16-11(8)19-10-2-1-6(12(17)18)3-9(10)15/h1-5H,(H,17,18). The molecule has 19 heavy (non-hydrogen) atoms. The second kappa shape index (κ2) is 5.77. The third kappa shape index (κ3) is 3.37. The van der Waals surface area contributed by atoms with E-state index in [-0.39, 0.29) is 16.5 Å². The Balaban J connectivity index is 2.31. The number of halogens is 3. The summed E-state index contributed by atoms with van der Waals surface area (Å²) in [7, 11) is 0. The third-order valence-electron chi connectivity index (χ3n) is 2.16. The molecule has 0 aliphatic heterocycles. The lowest BCUT2D eigenvalue weighted by Gasteiger charge is -2.08. The van der Waals surface area contributed by atoms with E-state index in [1.165, 1.54) is 24.4 Å². The summed E-state index contributed by atoms with van der Waals surface area (Å²) in [5, 5.41) is 9.48. The van der Waals surface area contributed by atoms with Crippen molar-refractivity contribution in [3.8, 4) is 11.6 Å². The Labute approximate surface area is 127 Å². The van der Waals surface area contributed by atoms with Gasteiger partial charge in [0.05, 0.1) is 20.1 Å². The number of carboxylic acid groups (broad SMARTS) is 1. The van der Waals surface area contributed by atoms with Gasteiger partial charge in [0.1, 0.15) is 5.75 Å². The van der Waals surface area contributed by atoms with Crippen LogP contribution in [-0.2, 0) is 0 Å². The zero-order chi connectivity index (χ0) is 14.0. The maximum Gasteiger partial charge on any atom is 0.335 e. The Morgan fingerprint density at radius 1 is 1.32 bits per heavy atom. The smallest absolute Gasteiger partial charge is 0.335 e. The molecule has 0 spiro atoms. The fraction of sp³-hybridized carbons (Fsp3) is 0. The lowest BCUT2D eigenvalue weighted by molar-refractivity contribution is 0.0697. The lowest BCUT2D eigenvalue weighted by atomic mass is 10.2. The zero-order valence-corrected chi connectivity index (χ0v) is 12.3. The third-order valence-corrected chi connectivity index (χ3v) is 3.23. The van der Waals surface area contributed by atoms with Gasteiger partial charge in [0.15, 0.2) is 0 Å². The van der Waals surface area contributed by atoms with Crippen LogP contribution in [0.4, 0.5) is 0 Å². The molecule has 1 aromatic heterocycles. The number of carboxylic acids is 1. The predicted octanol–water partition coefficient (Wildman–Crippen LogP) is 4.64. The summed E-state index contributed by atoms with van der Waals surface area (Å²) in [6.07, 6.45) is 1.43. The predicted molar refractivity (Wildman–Crippen MR) is 75.4 cm³/mol. The Kier molecular flexibility index (Phi) is 4.29. The van der Waals surface area contributed by atoms with Crippen LogP contribution in [0.3, 0.4) is 0 Å². The first-order chi connectivity index (χ1) is 8.97. The summed E-state index contributed by atoms with van der Waals surface area (Å²) in [4.78, 5) is 14.8. The first-order valence-electron chi connectivity index (χ1n) is 4.99. The Bertz CT molecular complexity index is 649. The van der Waals surface area contributed by atoms with Crippen molar-refractivity contribution >= 4 is 45.1 Å². The molecule has 4 nitrogen and oxygen atoms in total. The molecule has 0 aliphatic rings. The molecule has 1 heterocycles. The highest BCUT2D eigenvalue weighted by atomic mass is 79.9. The Morgan fingerprint density at radius 2 is 2.05 bits per heavy atom. The van der Waals surface area contributed by atoms with E-state index in [9.17, 15) is 4.79 Å². The number of benzene rings is 1. The first-order valence-corrected chi connectivity index (χ1v) is 6.54. The van der Waals surface area contributed by atoms with E-state index in [2.05, 4.69) is 20.9 Å². The van der Waals surface area contributed by atoms with E-state index in [4.69, 9.17) is 33.0 Å². The van der Waals surface area contributed by atoms with E-state index in [1.54, 1.807) is 6.07 Å². The second-order valence-electron chi connectivity index (χ2n) is 3.49. The number of hydrogen-bond acceptors (Lipinski definition) is 3. The molecule has 0 fully saturated rings. The van der Waals surface area contributed by atoms with E-state index >= 15 is 0 Å². The van der Waals surface area contributed by atoms with Crippen molar-refractivity contribution in [1.29, 1.82) is 0 Å². The van der Waals surface area contributed by atoms with Crippen molar-refractivity contribution in [2.75, 3.05) is 0 Å². The topological polar surface area (TPSA) is 59.4 Å². The van der Waals surface area contributed by atoms with Gasteiger partial charge >= 0.3 is 5.97 Å². The van der Waals surface area contributed by atoms with Crippen LogP contribution in [0.2, 0.25) is 10.0 Å². The summed E-state index contributed by atoms with van der Waals surface area (Å²) in [6, 6.07) is 5.80. The summed E-state index contributed by atoms with van der Waals surface area (Å²) < 4.78 is 6.06. The molecule has 0 saturated carbocycles. The monoisotopic (exact) mass is 361 g/mol. The number of hydrogen-bond donors (Lipinski definition) is 1. The minimum atomic E-state index is -1.06. The van der Waals surface area contributed by atoms with Crippen LogP contribution in [0, 0.1) is 0 Å². The van der Waals surface area contributed by atoms with E-state index in [0.717, 1.165) is 0 Å². The number of nitrogens with zero attached hydrogens (tertiary/aromatic N) is 1. The lowest BCUT2D eigenvalue weighted by Crippen LogP contribution is -1.97. The minimum absolute atomic E-state index is 0.0838. The number of ether oxygens (including phenoxy) is 1. The fourth-order valence-corrected chi connectivity index (χ4v) is 2.24. The van der Waals surface area contributed by atoms with Gasteiger partial charge in [-0.1, -0.05) is 23.2 Å². The van der Waals surface area contributed by atoms with E-state index in [1.807, 2.05) is 0 Å². The Hall–Kier alpha value is -1.30. The average Bonchev–Trinajstić information content (AvgIpc) is 2.34. The molecule has 2 rings (SSSR count).